The average molecular weight is 491 g/mol. The summed E-state index contributed by atoms with van der Waals surface area (Å²) in [6, 6.07) is 21.8. The zero-order valence-electron chi connectivity index (χ0n) is 19.6. The van der Waals surface area contributed by atoms with Crippen molar-refractivity contribution in [3.05, 3.63) is 84.2 Å². The fourth-order valence-corrected chi connectivity index (χ4v) is 5.87. The van der Waals surface area contributed by atoms with Gasteiger partial charge in [-0.1, -0.05) is 18.2 Å². The number of aryl methyl sites for hydroxylation is 1. The second kappa shape index (κ2) is 9.16. The minimum atomic E-state index is -3.63. The second-order valence-electron chi connectivity index (χ2n) is 8.41. The van der Waals surface area contributed by atoms with Gasteiger partial charge in [-0.2, -0.15) is 4.31 Å². The van der Waals surface area contributed by atoms with Crippen LogP contribution in [0.4, 0.5) is 0 Å². The summed E-state index contributed by atoms with van der Waals surface area (Å²) in [5.41, 5.74) is 3.24. The van der Waals surface area contributed by atoms with Crippen LogP contribution in [0, 0.1) is 6.92 Å². The quantitative estimate of drug-likeness (QED) is 0.428. The molecule has 1 amide bonds. The summed E-state index contributed by atoms with van der Waals surface area (Å²) < 4.78 is 34.6. The summed E-state index contributed by atoms with van der Waals surface area (Å²) in [5.74, 6) is 1.31. The molecular formula is C26H26N4O4S. The molecule has 0 aliphatic carbocycles. The van der Waals surface area contributed by atoms with Gasteiger partial charge in [0.05, 0.1) is 23.0 Å². The number of carbonyl (C=O) groups excluding carboxylic acids is 1. The third-order valence-electron chi connectivity index (χ3n) is 6.31. The van der Waals surface area contributed by atoms with E-state index in [-0.39, 0.29) is 23.9 Å². The van der Waals surface area contributed by atoms with Crippen molar-refractivity contribution >= 4 is 27.0 Å². The summed E-state index contributed by atoms with van der Waals surface area (Å²) in [5, 5.41) is 0. The highest BCUT2D eigenvalue weighted by molar-refractivity contribution is 7.89. The number of piperazine rings is 1. The van der Waals surface area contributed by atoms with Crippen LogP contribution in [0.3, 0.4) is 0 Å². The molecule has 1 aliphatic rings. The Morgan fingerprint density at radius 1 is 0.914 bits per heavy atom. The van der Waals surface area contributed by atoms with Crippen molar-refractivity contribution in [1.29, 1.82) is 0 Å². The van der Waals surface area contributed by atoms with Gasteiger partial charge < -0.3 is 9.64 Å². The Bertz CT molecular complexity index is 1470. The Morgan fingerprint density at radius 3 is 2.26 bits per heavy atom. The van der Waals surface area contributed by atoms with Crippen molar-refractivity contribution < 1.29 is 17.9 Å². The third-order valence-corrected chi connectivity index (χ3v) is 8.22. The molecule has 0 unspecified atom stereocenters. The molecular weight excluding hydrogens is 464 g/mol. The van der Waals surface area contributed by atoms with E-state index in [1.165, 1.54) is 23.5 Å². The largest absolute Gasteiger partial charge is 0.497 e. The molecule has 9 heteroatoms. The van der Waals surface area contributed by atoms with E-state index in [0.29, 0.717) is 24.4 Å². The first-order chi connectivity index (χ1) is 16.9. The summed E-state index contributed by atoms with van der Waals surface area (Å²) in [6.45, 7) is 3.07. The first-order valence-corrected chi connectivity index (χ1v) is 12.8. The topological polar surface area (TPSA) is 84.7 Å². The number of fused-ring (bicyclic) bond motifs is 1. The molecule has 1 saturated heterocycles. The summed E-state index contributed by atoms with van der Waals surface area (Å²) in [7, 11) is -2.10. The Labute approximate surface area is 204 Å². The molecule has 0 radical (unpaired) electrons. The molecule has 8 nitrogen and oxygen atoms in total. The van der Waals surface area contributed by atoms with Gasteiger partial charge >= 0.3 is 0 Å². The molecule has 3 aromatic carbocycles. The number of nitrogens with zero attached hydrogens (tertiary/aromatic N) is 4. The Balaban J connectivity index is 1.31. The summed E-state index contributed by atoms with van der Waals surface area (Å²) in [4.78, 5) is 19.8. The van der Waals surface area contributed by atoms with E-state index in [0.717, 1.165) is 22.5 Å². The molecule has 35 heavy (non-hydrogen) atoms. The first kappa shape index (κ1) is 23.1. The van der Waals surface area contributed by atoms with Gasteiger partial charge in [0.25, 0.3) is 5.91 Å². The van der Waals surface area contributed by atoms with Crippen LogP contribution in [0.5, 0.6) is 5.75 Å². The average Bonchev–Trinajstić information content (AvgIpc) is 3.23. The lowest BCUT2D eigenvalue weighted by Gasteiger charge is -2.34. The van der Waals surface area contributed by atoms with Gasteiger partial charge in [-0.05, 0) is 61.5 Å². The predicted molar refractivity (Wildman–Crippen MR) is 133 cm³/mol. The van der Waals surface area contributed by atoms with Gasteiger partial charge in [-0.25, -0.2) is 13.4 Å². The summed E-state index contributed by atoms with van der Waals surface area (Å²) >= 11 is 0. The number of benzene rings is 3. The maximum absolute atomic E-state index is 13.2. The molecule has 2 heterocycles. The van der Waals surface area contributed by atoms with Crippen LogP contribution in [0.25, 0.3) is 16.7 Å². The normalized spacial score (nSPS) is 14.9. The highest BCUT2D eigenvalue weighted by atomic mass is 32.2. The molecule has 1 aromatic heterocycles. The van der Waals surface area contributed by atoms with Crippen LogP contribution >= 0.6 is 0 Å². The molecule has 0 spiro atoms. The number of methoxy groups -OCH3 is 1. The van der Waals surface area contributed by atoms with Gasteiger partial charge in [-0.3, -0.25) is 9.36 Å². The Kier molecular flexibility index (Phi) is 6.04. The van der Waals surface area contributed by atoms with Crippen LogP contribution in [-0.4, -0.2) is 66.4 Å². The minimum absolute atomic E-state index is 0.125. The first-order valence-electron chi connectivity index (χ1n) is 11.4. The van der Waals surface area contributed by atoms with Crippen molar-refractivity contribution in [1.82, 2.24) is 18.8 Å². The fourth-order valence-electron chi connectivity index (χ4n) is 4.45. The number of hydrogen-bond donors (Lipinski definition) is 0. The van der Waals surface area contributed by atoms with E-state index >= 15 is 0 Å². The maximum Gasteiger partial charge on any atom is 0.254 e. The van der Waals surface area contributed by atoms with Crippen molar-refractivity contribution in [2.24, 2.45) is 0 Å². The van der Waals surface area contributed by atoms with Crippen LogP contribution in [0.1, 0.15) is 16.2 Å². The van der Waals surface area contributed by atoms with Crippen LogP contribution in [-0.2, 0) is 10.0 Å². The number of carbonyl (C=O) groups is 1. The van der Waals surface area contributed by atoms with E-state index in [1.807, 2.05) is 55.5 Å². The zero-order valence-corrected chi connectivity index (χ0v) is 20.4. The predicted octanol–water partition coefficient (Wildman–Crippen LogP) is 3.49. The lowest BCUT2D eigenvalue weighted by molar-refractivity contribution is 0.0698. The number of ether oxygens (including phenoxy) is 1. The number of rotatable bonds is 5. The number of amides is 1. The number of para-hydroxylation sites is 1. The van der Waals surface area contributed by atoms with Gasteiger partial charge in [0.15, 0.2) is 0 Å². The van der Waals surface area contributed by atoms with Crippen LogP contribution in [0.15, 0.2) is 77.7 Å². The monoisotopic (exact) mass is 490 g/mol. The van der Waals surface area contributed by atoms with E-state index in [1.54, 1.807) is 17.0 Å². The van der Waals surface area contributed by atoms with E-state index < -0.39 is 10.0 Å². The molecule has 5 rings (SSSR count). The number of sulfonamides is 1. The smallest absolute Gasteiger partial charge is 0.254 e. The molecule has 0 bridgehead atoms. The maximum atomic E-state index is 13.2. The van der Waals surface area contributed by atoms with Gasteiger partial charge in [0, 0.05) is 37.4 Å². The molecule has 1 fully saturated rings. The van der Waals surface area contributed by atoms with E-state index in [4.69, 9.17) is 4.74 Å². The Morgan fingerprint density at radius 2 is 1.60 bits per heavy atom. The van der Waals surface area contributed by atoms with Crippen molar-refractivity contribution in [2.45, 2.75) is 11.8 Å². The van der Waals surface area contributed by atoms with Gasteiger partial charge in [-0.15, -0.1) is 0 Å². The lowest BCUT2D eigenvalue weighted by atomic mass is 10.1. The molecule has 1 aliphatic heterocycles. The number of aromatic nitrogens is 2. The fraction of sp³-hybridized carbons (Fsp3) is 0.231. The van der Waals surface area contributed by atoms with E-state index in [9.17, 15) is 13.2 Å². The van der Waals surface area contributed by atoms with Gasteiger partial charge in [0.2, 0.25) is 10.0 Å². The number of hydrogen-bond acceptors (Lipinski definition) is 5. The molecule has 180 valence electrons. The molecule has 4 aromatic rings. The minimum Gasteiger partial charge on any atom is -0.497 e. The standard InChI is InChI=1S/C26H26N4O4S/c1-19-27-24-18-20(8-13-25(24)30(19)21-6-4-3-5-7-21)26(31)28-14-16-29(17-15-28)35(32,33)23-11-9-22(34-2)10-12-23/h3-13,18H,14-17H2,1-2H3. The van der Waals surface area contributed by atoms with Crippen molar-refractivity contribution in [3.8, 4) is 11.4 Å². The van der Waals surface area contributed by atoms with Crippen molar-refractivity contribution in [2.75, 3.05) is 33.3 Å². The van der Waals surface area contributed by atoms with Crippen molar-refractivity contribution in [3.63, 3.8) is 0 Å². The number of imidazole rings is 1. The van der Waals surface area contributed by atoms with Crippen LogP contribution < -0.4 is 4.74 Å². The molecule has 0 saturated carbocycles. The zero-order chi connectivity index (χ0) is 24.6. The molecule has 0 atom stereocenters. The van der Waals surface area contributed by atoms with E-state index in [2.05, 4.69) is 9.55 Å². The third kappa shape index (κ3) is 4.28. The van der Waals surface area contributed by atoms with Crippen LogP contribution in [0.2, 0.25) is 0 Å². The SMILES string of the molecule is COc1ccc(S(=O)(=O)N2CCN(C(=O)c3ccc4c(c3)nc(C)n4-c3ccccc3)CC2)cc1. The molecule has 0 N–H and O–H groups in total. The second-order valence-corrected chi connectivity index (χ2v) is 10.3. The highest BCUT2D eigenvalue weighted by Gasteiger charge is 2.30. The Hall–Kier alpha value is -3.69. The highest BCUT2D eigenvalue weighted by Crippen LogP contribution is 2.24. The summed E-state index contributed by atoms with van der Waals surface area (Å²) in [6.07, 6.45) is 0. The lowest BCUT2D eigenvalue weighted by Crippen LogP contribution is -2.50. The van der Waals surface area contributed by atoms with Gasteiger partial charge in [0.1, 0.15) is 11.6 Å².